The van der Waals surface area contributed by atoms with Crippen LogP contribution in [0.25, 0.3) is 0 Å². The molecule has 92 valence electrons. The Bertz CT molecular complexity index is 245. The highest BCUT2D eigenvalue weighted by molar-refractivity contribution is 5.76. The minimum atomic E-state index is 0.0892. The summed E-state index contributed by atoms with van der Waals surface area (Å²) in [5.41, 5.74) is 5.65. The first kappa shape index (κ1) is 14.9. The molecule has 16 heavy (non-hydrogen) atoms. The van der Waals surface area contributed by atoms with Crippen molar-refractivity contribution in [2.24, 2.45) is 17.6 Å². The summed E-state index contributed by atoms with van der Waals surface area (Å²) in [5, 5.41) is 8.44. The molecular weight excluding hydrogens is 202 g/mol. The van der Waals surface area contributed by atoms with E-state index in [-0.39, 0.29) is 11.8 Å². The largest absolute Gasteiger partial charge is 0.345 e. The van der Waals surface area contributed by atoms with Crippen LogP contribution in [0.4, 0.5) is 0 Å². The van der Waals surface area contributed by atoms with Crippen LogP contribution < -0.4 is 5.73 Å². The number of rotatable bonds is 7. The van der Waals surface area contributed by atoms with Crippen molar-refractivity contribution in [2.45, 2.75) is 33.1 Å². The molecule has 0 aromatic carbocycles. The number of hydrogen-bond acceptors (Lipinski definition) is 3. The van der Waals surface area contributed by atoms with Crippen LogP contribution in [0.2, 0.25) is 0 Å². The van der Waals surface area contributed by atoms with Crippen LogP contribution in [0.1, 0.15) is 33.1 Å². The molecule has 1 atom stereocenters. The predicted molar refractivity (Wildman–Crippen MR) is 64.5 cm³/mol. The maximum absolute atomic E-state index is 11.8. The lowest BCUT2D eigenvalue weighted by Crippen LogP contribution is -2.31. The van der Waals surface area contributed by atoms with Gasteiger partial charge in [0.15, 0.2) is 0 Å². The molecule has 4 nitrogen and oxygen atoms in total. The molecule has 2 N–H and O–H groups in total. The van der Waals surface area contributed by atoms with Crippen LogP contribution in [-0.4, -0.2) is 30.9 Å². The van der Waals surface area contributed by atoms with Gasteiger partial charge in [-0.1, -0.05) is 13.8 Å². The van der Waals surface area contributed by atoms with E-state index < -0.39 is 0 Å². The Hall–Kier alpha value is -1.08. The van der Waals surface area contributed by atoms with Gasteiger partial charge in [0.25, 0.3) is 0 Å². The second-order valence-corrected chi connectivity index (χ2v) is 4.66. The molecule has 4 heteroatoms. The average molecular weight is 225 g/mol. The van der Waals surface area contributed by atoms with E-state index in [1.165, 1.54) is 0 Å². The van der Waals surface area contributed by atoms with E-state index in [0.717, 1.165) is 6.42 Å². The SMILES string of the molecule is CC(C)CC(CN)CC(=O)N(C)CCC#N. The van der Waals surface area contributed by atoms with Crippen molar-refractivity contribution in [3.8, 4) is 6.07 Å². The topological polar surface area (TPSA) is 70.1 Å². The maximum Gasteiger partial charge on any atom is 0.222 e. The van der Waals surface area contributed by atoms with E-state index in [1.807, 2.05) is 6.07 Å². The van der Waals surface area contributed by atoms with Crippen LogP contribution in [-0.2, 0) is 4.79 Å². The van der Waals surface area contributed by atoms with Crippen molar-refractivity contribution in [3.05, 3.63) is 0 Å². The molecule has 0 radical (unpaired) electrons. The lowest BCUT2D eigenvalue weighted by molar-refractivity contribution is -0.130. The summed E-state index contributed by atoms with van der Waals surface area (Å²) in [4.78, 5) is 13.4. The van der Waals surface area contributed by atoms with Crippen LogP contribution in [0.3, 0.4) is 0 Å². The zero-order chi connectivity index (χ0) is 12.6. The van der Waals surface area contributed by atoms with Gasteiger partial charge in [0.05, 0.1) is 12.5 Å². The molecule has 1 unspecified atom stereocenters. The Morgan fingerprint density at radius 2 is 2.12 bits per heavy atom. The summed E-state index contributed by atoms with van der Waals surface area (Å²) < 4.78 is 0. The van der Waals surface area contributed by atoms with Gasteiger partial charge in [-0.15, -0.1) is 0 Å². The molecule has 0 spiro atoms. The molecule has 0 aromatic rings. The molecule has 0 aliphatic rings. The number of nitrogens with two attached hydrogens (primary N) is 1. The molecular formula is C12H23N3O. The van der Waals surface area contributed by atoms with Crippen molar-refractivity contribution >= 4 is 5.91 Å². The Morgan fingerprint density at radius 1 is 1.50 bits per heavy atom. The van der Waals surface area contributed by atoms with Gasteiger partial charge in [0.2, 0.25) is 5.91 Å². The van der Waals surface area contributed by atoms with Crippen LogP contribution in [0, 0.1) is 23.2 Å². The predicted octanol–water partition coefficient (Wildman–Crippen LogP) is 1.37. The Kier molecular flexibility index (Phi) is 7.57. The Morgan fingerprint density at radius 3 is 2.56 bits per heavy atom. The summed E-state index contributed by atoms with van der Waals surface area (Å²) in [6.45, 7) is 5.32. The number of amides is 1. The molecule has 1 amide bonds. The van der Waals surface area contributed by atoms with Gasteiger partial charge >= 0.3 is 0 Å². The number of carbonyl (C=O) groups is 1. The third kappa shape index (κ3) is 6.41. The first-order chi connectivity index (χ1) is 7.51. The fraction of sp³-hybridized carbons (Fsp3) is 0.833. The quantitative estimate of drug-likeness (QED) is 0.711. The van der Waals surface area contributed by atoms with E-state index >= 15 is 0 Å². The summed E-state index contributed by atoms with van der Waals surface area (Å²) in [5.74, 6) is 0.911. The zero-order valence-electron chi connectivity index (χ0n) is 10.6. The molecule has 0 heterocycles. The third-order valence-corrected chi connectivity index (χ3v) is 2.59. The van der Waals surface area contributed by atoms with Gasteiger partial charge < -0.3 is 10.6 Å². The first-order valence-electron chi connectivity index (χ1n) is 5.82. The lowest BCUT2D eigenvalue weighted by Gasteiger charge is -2.21. The van der Waals surface area contributed by atoms with Gasteiger partial charge in [-0.3, -0.25) is 4.79 Å². The number of carbonyl (C=O) groups excluding carboxylic acids is 1. The molecule has 0 saturated heterocycles. The summed E-state index contributed by atoms with van der Waals surface area (Å²) in [7, 11) is 1.74. The van der Waals surface area contributed by atoms with E-state index in [4.69, 9.17) is 11.0 Å². The van der Waals surface area contributed by atoms with Gasteiger partial charge in [0.1, 0.15) is 0 Å². The maximum atomic E-state index is 11.8. The van der Waals surface area contributed by atoms with E-state index in [2.05, 4.69) is 13.8 Å². The molecule has 0 bridgehead atoms. The van der Waals surface area contributed by atoms with Crippen molar-refractivity contribution in [2.75, 3.05) is 20.1 Å². The van der Waals surface area contributed by atoms with Gasteiger partial charge in [-0.25, -0.2) is 0 Å². The summed E-state index contributed by atoms with van der Waals surface area (Å²) in [6.07, 6.45) is 1.87. The van der Waals surface area contributed by atoms with Crippen molar-refractivity contribution in [1.29, 1.82) is 5.26 Å². The van der Waals surface area contributed by atoms with Crippen LogP contribution in [0.5, 0.6) is 0 Å². The lowest BCUT2D eigenvalue weighted by atomic mass is 9.94. The molecule has 0 aromatic heterocycles. The van der Waals surface area contributed by atoms with Gasteiger partial charge in [-0.2, -0.15) is 5.26 Å². The number of nitriles is 1. The monoisotopic (exact) mass is 225 g/mol. The molecule has 0 fully saturated rings. The minimum Gasteiger partial charge on any atom is -0.345 e. The molecule has 0 aliphatic heterocycles. The minimum absolute atomic E-state index is 0.0892. The second kappa shape index (κ2) is 8.12. The van der Waals surface area contributed by atoms with Gasteiger partial charge in [-0.05, 0) is 24.8 Å². The summed E-state index contributed by atoms with van der Waals surface area (Å²) in [6, 6.07) is 2.03. The highest BCUT2D eigenvalue weighted by Gasteiger charge is 2.16. The number of nitrogens with zero attached hydrogens (tertiary/aromatic N) is 2. The zero-order valence-corrected chi connectivity index (χ0v) is 10.6. The highest BCUT2D eigenvalue weighted by atomic mass is 16.2. The van der Waals surface area contributed by atoms with Gasteiger partial charge in [0, 0.05) is 20.0 Å². The van der Waals surface area contributed by atoms with Crippen molar-refractivity contribution in [1.82, 2.24) is 4.90 Å². The second-order valence-electron chi connectivity index (χ2n) is 4.66. The average Bonchev–Trinajstić information content (AvgIpc) is 2.23. The molecule has 0 rings (SSSR count). The van der Waals surface area contributed by atoms with Crippen LogP contribution >= 0.6 is 0 Å². The van der Waals surface area contributed by atoms with Crippen molar-refractivity contribution < 1.29 is 4.79 Å². The standard InChI is InChI=1S/C12H23N3O/c1-10(2)7-11(9-14)8-12(16)15(3)6-4-5-13/h10-11H,4,6-9,14H2,1-3H3. The van der Waals surface area contributed by atoms with Crippen molar-refractivity contribution in [3.63, 3.8) is 0 Å². The fourth-order valence-electron chi connectivity index (χ4n) is 1.67. The molecule has 0 saturated carbocycles. The first-order valence-corrected chi connectivity index (χ1v) is 5.82. The van der Waals surface area contributed by atoms with E-state index in [1.54, 1.807) is 11.9 Å². The molecule has 0 aliphatic carbocycles. The smallest absolute Gasteiger partial charge is 0.222 e. The third-order valence-electron chi connectivity index (χ3n) is 2.59. The summed E-state index contributed by atoms with van der Waals surface area (Å²) >= 11 is 0. The Labute approximate surface area is 98.4 Å². The highest BCUT2D eigenvalue weighted by Crippen LogP contribution is 2.15. The Balaban J connectivity index is 4.04. The fourth-order valence-corrected chi connectivity index (χ4v) is 1.67. The normalized spacial score (nSPS) is 12.2. The number of hydrogen-bond donors (Lipinski definition) is 1. The van der Waals surface area contributed by atoms with E-state index in [9.17, 15) is 4.79 Å². The van der Waals surface area contributed by atoms with Crippen LogP contribution in [0.15, 0.2) is 0 Å². The van der Waals surface area contributed by atoms with E-state index in [0.29, 0.717) is 31.8 Å².